The summed E-state index contributed by atoms with van der Waals surface area (Å²) in [5, 5.41) is 2.65. The summed E-state index contributed by atoms with van der Waals surface area (Å²) in [5.41, 5.74) is 6.51. The number of hydrogen-bond donors (Lipinski definition) is 3. The summed E-state index contributed by atoms with van der Waals surface area (Å²) in [5.74, 6) is 0.177. The number of nitrogens with one attached hydrogen (secondary N) is 3. The van der Waals surface area contributed by atoms with Crippen LogP contribution in [-0.2, 0) is 16.0 Å². The highest BCUT2D eigenvalue weighted by Crippen LogP contribution is 2.13. The first-order chi connectivity index (χ1) is 11.3. The Hall–Kier alpha value is -3.09. The highest BCUT2D eigenvalue weighted by Gasteiger charge is 2.14. The molecule has 1 aromatic heterocycles. The molecule has 0 aliphatic rings. The summed E-state index contributed by atoms with van der Waals surface area (Å²) in [4.78, 5) is 34.8. The van der Waals surface area contributed by atoms with Gasteiger partial charge in [0.25, 0.3) is 5.91 Å². The Morgan fingerprint density at radius 3 is 2.25 bits per heavy atom. The predicted molar refractivity (Wildman–Crippen MR) is 88.2 cm³/mol. The number of rotatable bonds is 4. The summed E-state index contributed by atoms with van der Waals surface area (Å²) in [6.07, 6.45) is 0.101. The van der Waals surface area contributed by atoms with Gasteiger partial charge in [0, 0.05) is 12.6 Å². The molecule has 0 unspecified atom stereocenters. The van der Waals surface area contributed by atoms with Crippen molar-refractivity contribution >= 4 is 23.4 Å². The third kappa shape index (κ3) is 4.70. The van der Waals surface area contributed by atoms with E-state index in [4.69, 9.17) is 4.42 Å². The number of benzene rings is 1. The molecular formula is C17H19N3O4. The maximum Gasteiger partial charge on any atom is 0.273 e. The zero-order chi connectivity index (χ0) is 17.7. The van der Waals surface area contributed by atoms with E-state index in [0.717, 1.165) is 5.56 Å². The van der Waals surface area contributed by atoms with E-state index >= 15 is 0 Å². The molecule has 0 radical (unpaired) electrons. The Morgan fingerprint density at radius 2 is 1.71 bits per heavy atom. The van der Waals surface area contributed by atoms with Gasteiger partial charge in [-0.25, -0.2) is 0 Å². The van der Waals surface area contributed by atoms with E-state index in [-0.39, 0.29) is 18.2 Å². The van der Waals surface area contributed by atoms with E-state index in [1.54, 1.807) is 44.2 Å². The molecule has 3 N–H and O–H groups in total. The van der Waals surface area contributed by atoms with Crippen molar-refractivity contribution in [2.24, 2.45) is 0 Å². The van der Waals surface area contributed by atoms with Crippen LogP contribution in [0.2, 0.25) is 0 Å². The maximum absolute atomic E-state index is 12.0. The largest absolute Gasteiger partial charge is 0.466 e. The quantitative estimate of drug-likeness (QED) is 0.745. The van der Waals surface area contributed by atoms with Gasteiger partial charge in [-0.1, -0.05) is 12.1 Å². The molecule has 1 aromatic carbocycles. The second kappa shape index (κ2) is 7.45. The first kappa shape index (κ1) is 17.3. The number of carbonyl (C=O) groups is 3. The van der Waals surface area contributed by atoms with Crippen LogP contribution in [-0.4, -0.2) is 17.7 Å². The number of hydrogen-bond acceptors (Lipinski definition) is 4. The zero-order valence-electron chi connectivity index (χ0n) is 13.7. The molecular weight excluding hydrogens is 310 g/mol. The molecule has 2 aromatic rings. The molecule has 0 spiro atoms. The van der Waals surface area contributed by atoms with Crippen LogP contribution in [0, 0.1) is 13.8 Å². The van der Waals surface area contributed by atoms with Gasteiger partial charge in [0.05, 0.1) is 12.0 Å². The van der Waals surface area contributed by atoms with Gasteiger partial charge < -0.3 is 9.73 Å². The topological polar surface area (TPSA) is 100 Å². The second-order valence-electron chi connectivity index (χ2n) is 5.38. The van der Waals surface area contributed by atoms with Crippen LogP contribution in [0.5, 0.6) is 0 Å². The number of aryl methyl sites for hydroxylation is 2. The smallest absolute Gasteiger partial charge is 0.273 e. The minimum atomic E-state index is -0.432. The zero-order valence-corrected chi connectivity index (χ0v) is 13.7. The molecule has 24 heavy (non-hydrogen) atoms. The molecule has 126 valence electrons. The fourth-order valence-corrected chi connectivity index (χ4v) is 2.19. The third-order valence-corrected chi connectivity index (χ3v) is 3.24. The number of amides is 3. The molecule has 0 atom stereocenters. The average Bonchev–Trinajstić information content (AvgIpc) is 2.85. The van der Waals surface area contributed by atoms with Crippen molar-refractivity contribution in [2.75, 3.05) is 5.32 Å². The molecule has 0 aliphatic heterocycles. The lowest BCUT2D eigenvalue weighted by atomic mass is 10.1. The Kier molecular flexibility index (Phi) is 5.36. The number of hydrazine groups is 1. The molecule has 7 heteroatoms. The minimum Gasteiger partial charge on any atom is -0.466 e. The Bertz CT molecular complexity index is 763. The number of carbonyl (C=O) groups excluding carboxylic acids is 3. The van der Waals surface area contributed by atoms with Gasteiger partial charge in [0.2, 0.25) is 11.8 Å². The van der Waals surface area contributed by atoms with Gasteiger partial charge in [-0.15, -0.1) is 0 Å². The van der Waals surface area contributed by atoms with E-state index in [9.17, 15) is 14.4 Å². The normalized spacial score (nSPS) is 10.1. The highest BCUT2D eigenvalue weighted by atomic mass is 16.3. The molecule has 0 saturated heterocycles. The van der Waals surface area contributed by atoms with Gasteiger partial charge in [0.15, 0.2) is 0 Å². The van der Waals surface area contributed by atoms with Crippen LogP contribution in [0.3, 0.4) is 0 Å². The summed E-state index contributed by atoms with van der Waals surface area (Å²) in [6.45, 7) is 4.85. The van der Waals surface area contributed by atoms with Crippen molar-refractivity contribution in [1.29, 1.82) is 0 Å². The van der Waals surface area contributed by atoms with Gasteiger partial charge in [-0.3, -0.25) is 25.2 Å². The maximum atomic E-state index is 12.0. The summed E-state index contributed by atoms with van der Waals surface area (Å²) < 4.78 is 5.27. The first-order valence-corrected chi connectivity index (χ1v) is 7.38. The summed E-state index contributed by atoms with van der Waals surface area (Å²) in [7, 11) is 0. The summed E-state index contributed by atoms with van der Waals surface area (Å²) in [6, 6.07) is 8.49. The van der Waals surface area contributed by atoms with Crippen molar-refractivity contribution in [1.82, 2.24) is 10.9 Å². The van der Waals surface area contributed by atoms with Crippen LogP contribution < -0.4 is 16.2 Å². The molecule has 0 saturated carbocycles. The lowest BCUT2D eigenvalue weighted by Crippen LogP contribution is -2.42. The predicted octanol–water partition coefficient (Wildman–Crippen LogP) is 1.86. The van der Waals surface area contributed by atoms with Crippen molar-refractivity contribution in [3.05, 3.63) is 53.0 Å². The van der Waals surface area contributed by atoms with Gasteiger partial charge >= 0.3 is 0 Å². The minimum absolute atomic E-state index is 0.101. The van der Waals surface area contributed by atoms with Crippen LogP contribution in [0.25, 0.3) is 0 Å². The Morgan fingerprint density at radius 1 is 1.04 bits per heavy atom. The van der Waals surface area contributed by atoms with Gasteiger partial charge in [0.1, 0.15) is 11.5 Å². The van der Waals surface area contributed by atoms with Crippen LogP contribution >= 0.6 is 0 Å². The molecule has 3 amide bonds. The Labute approximate surface area is 139 Å². The molecule has 2 rings (SSSR count). The van der Waals surface area contributed by atoms with Crippen molar-refractivity contribution < 1.29 is 18.8 Å². The highest BCUT2D eigenvalue weighted by molar-refractivity contribution is 5.96. The molecule has 0 fully saturated rings. The van der Waals surface area contributed by atoms with Gasteiger partial charge in [-0.2, -0.15) is 0 Å². The van der Waals surface area contributed by atoms with Crippen molar-refractivity contribution in [3.63, 3.8) is 0 Å². The Balaban J connectivity index is 1.86. The van der Waals surface area contributed by atoms with Crippen molar-refractivity contribution in [2.45, 2.75) is 27.2 Å². The average molecular weight is 329 g/mol. The third-order valence-electron chi connectivity index (χ3n) is 3.24. The first-order valence-electron chi connectivity index (χ1n) is 7.38. The second-order valence-corrected chi connectivity index (χ2v) is 5.38. The fraction of sp³-hybridized carbons (Fsp3) is 0.235. The van der Waals surface area contributed by atoms with E-state index in [1.807, 2.05) is 0 Å². The molecule has 0 bridgehead atoms. The van der Waals surface area contributed by atoms with E-state index < -0.39 is 5.91 Å². The van der Waals surface area contributed by atoms with Crippen LogP contribution in [0.4, 0.5) is 5.69 Å². The molecule has 1 heterocycles. The van der Waals surface area contributed by atoms with Crippen LogP contribution in [0.1, 0.15) is 34.4 Å². The number of anilines is 1. The van der Waals surface area contributed by atoms with E-state index in [1.165, 1.54) is 6.92 Å². The van der Waals surface area contributed by atoms with E-state index in [2.05, 4.69) is 16.2 Å². The van der Waals surface area contributed by atoms with Crippen molar-refractivity contribution in [3.8, 4) is 0 Å². The van der Waals surface area contributed by atoms with Crippen LogP contribution in [0.15, 0.2) is 34.7 Å². The summed E-state index contributed by atoms with van der Waals surface area (Å²) >= 11 is 0. The lowest BCUT2D eigenvalue weighted by molar-refractivity contribution is -0.121. The van der Waals surface area contributed by atoms with E-state index in [0.29, 0.717) is 22.8 Å². The molecule has 0 aliphatic carbocycles. The fourth-order valence-electron chi connectivity index (χ4n) is 2.19. The SMILES string of the molecule is CC(=O)Nc1ccc(CC(=O)NNC(=O)c2cc(C)oc2C)cc1. The molecule has 7 nitrogen and oxygen atoms in total. The monoisotopic (exact) mass is 329 g/mol. The van der Waals surface area contributed by atoms with Gasteiger partial charge in [-0.05, 0) is 37.6 Å². The standard InChI is InChI=1S/C17H19N3O4/c1-10-8-15(11(2)24-10)17(23)20-19-16(22)9-13-4-6-14(7-5-13)18-12(3)21/h4-8H,9H2,1-3H3,(H,18,21)(H,19,22)(H,20,23). The lowest BCUT2D eigenvalue weighted by Gasteiger charge is -2.07. The number of furan rings is 1.